The van der Waals surface area contributed by atoms with Crippen LogP contribution in [-0.4, -0.2) is 23.5 Å². The van der Waals surface area contributed by atoms with Crippen LogP contribution in [0.2, 0.25) is 0 Å². The first kappa shape index (κ1) is 9.36. The Kier molecular flexibility index (Phi) is 1.52. The molecule has 4 heteroatoms. The number of benzene rings is 1. The lowest BCUT2D eigenvalue weighted by Gasteiger charge is -2.28. The summed E-state index contributed by atoms with van der Waals surface area (Å²) in [5.74, 6) is -0.398. The Morgan fingerprint density at radius 1 is 1.24 bits per heavy atom. The van der Waals surface area contributed by atoms with Gasteiger partial charge in [0.15, 0.2) is 0 Å². The number of rotatable bonds is 0. The monoisotopic (exact) mass is 230 g/mol. The molecule has 0 saturated carbocycles. The van der Waals surface area contributed by atoms with Gasteiger partial charge in [0, 0.05) is 18.4 Å². The molecule has 2 aliphatic heterocycles. The lowest BCUT2D eigenvalue weighted by atomic mass is 9.78. The highest BCUT2D eigenvalue weighted by Gasteiger charge is 2.67. The van der Waals surface area contributed by atoms with Crippen molar-refractivity contribution in [1.29, 1.82) is 0 Å². The molecule has 2 saturated heterocycles. The topological polar surface area (TPSA) is 55.9 Å². The molecule has 4 nitrogen and oxygen atoms in total. The van der Waals surface area contributed by atoms with Crippen molar-refractivity contribution in [3.05, 3.63) is 35.4 Å². The molecule has 17 heavy (non-hydrogen) atoms. The van der Waals surface area contributed by atoms with Gasteiger partial charge in [-0.05, 0) is 5.56 Å². The maximum atomic E-state index is 12.5. The molecule has 0 unspecified atom stereocenters. The van der Waals surface area contributed by atoms with Crippen molar-refractivity contribution in [3.8, 4) is 0 Å². The van der Waals surface area contributed by atoms with Gasteiger partial charge in [-0.2, -0.15) is 0 Å². The number of hydrogen-bond donors (Lipinski definition) is 0. The molecule has 1 aromatic rings. The Morgan fingerprint density at radius 2 is 2.06 bits per heavy atom. The van der Waals surface area contributed by atoms with Gasteiger partial charge >= 0.3 is 5.97 Å². The second kappa shape index (κ2) is 2.76. The van der Waals surface area contributed by atoms with Crippen molar-refractivity contribution >= 4 is 11.8 Å². The summed E-state index contributed by atoms with van der Waals surface area (Å²) in [7, 11) is 0. The molecule has 0 N–H and O–H groups in total. The van der Waals surface area contributed by atoms with Crippen LogP contribution in [0.5, 0.6) is 0 Å². The number of fused-ring (bicyclic) bond motifs is 4. The fraction of sp³-hybridized carbons (Fsp3) is 0.385. The first-order chi connectivity index (χ1) is 8.22. The summed E-state index contributed by atoms with van der Waals surface area (Å²) in [4.78, 5) is 23.8. The van der Waals surface area contributed by atoms with E-state index in [0.717, 1.165) is 5.56 Å². The first-order valence-corrected chi connectivity index (χ1v) is 5.73. The van der Waals surface area contributed by atoms with Crippen LogP contribution in [0, 0.1) is 0 Å². The van der Waals surface area contributed by atoms with Gasteiger partial charge in [0.2, 0.25) is 11.4 Å². The number of hydrogen-bond acceptors (Lipinski definition) is 4. The van der Waals surface area contributed by atoms with Crippen molar-refractivity contribution in [1.82, 2.24) is 0 Å². The van der Waals surface area contributed by atoms with E-state index < -0.39 is 5.60 Å². The Bertz CT molecular complexity index is 550. The Hall–Kier alpha value is -1.68. The minimum Gasteiger partial charge on any atom is -0.448 e. The summed E-state index contributed by atoms with van der Waals surface area (Å²) in [6.45, 7) is 0. The van der Waals surface area contributed by atoms with E-state index >= 15 is 0 Å². The summed E-state index contributed by atoms with van der Waals surface area (Å²) in [5, 5.41) is 0. The highest BCUT2D eigenvalue weighted by molar-refractivity contribution is 6.08. The normalized spacial score (nSPS) is 37.6. The van der Waals surface area contributed by atoms with Crippen molar-refractivity contribution in [2.24, 2.45) is 0 Å². The Balaban J connectivity index is 1.88. The van der Waals surface area contributed by atoms with Gasteiger partial charge in [0.1, 0.15) is 12.2 Å². The van der Waals surface area contributed by atoms with Crippen LogP contribution in [-0.2, 0) is 14.3 Å². The van der Waals surface area contributed by atoms with Crippen molar-refractivity contribution in [2.45, 2.75) is 30.7 Å². The SMILES string of the molecule is O=C1CC[C@]2(O1)C(=O)c1ccccc1[C@H]1O[C@H]12. The maximum Gasteiger partial charge on any atom is 0.307 e. The molecule has 4 rings (SSSR count). The summed E-state index contributed by atoms with van der Waals surface area (Å²) in [6.07, 6.45) is 0.409. The van der Waals surface area contributed by atoms with Crippen LogP contribution >= 0.6 is 0 Å². The van der Waals surface area contributed by atoms with E-state index in [2.05, 4.69) is 0 Å². The zero-order valence-corrected chi connectivity index (χ0v) is 9.01. The molecule has 1 aromatic carbocycles. The second-order valence-corrected chi connectivity index (χ2v) is 4.76. The minimum atomic E-state index is -1.03. The van der Waals surface area contributed by atoms with Gasteiger partial charge in [-0.3, -0.25) is 9.59 Å². The average molecular weight is 230 g/mol. The van der Waals surface area contributed by atoms with Crippen LogP contribution in [0.1, 0.15) is 34.9 Å². The number of ether oxygens (including phenoxy) is 2. The van der Waals surface area contributed by atoms with E-state index in [0.29, 0.717) is 18.4 Å². The van der Waals surface area contributed by atoms with Gasteiger partial charge in [-0.1, -0.05) is 24.3 Å². The Morgan fingerprint density at radius 3 is 2.82 bits per heavy atom. The van der Waals surface area contributed by atoms with Gasteiger partial charge < -0.3 is 9.47 Å². The van der Waals surface area contributed by atoms with Gasteiger partial charge in [-0.25, -0.2) is 0 Å². The molecule has 3 atom stereocenters. The zero-order chi connectivity index (χ0) is 11.6. The first-order valence-electron chi connectivity index (χ1n) is 5.73. The molecule has 0 bridgehead atoms. The molecular weight excluding hydrogens is 220 g/mol. The molecule has 1 aliphatic carbocycles. The third-order valence-corrected chi connectivity index (χ3v) is 3.84. The molecule has 0 amide bonds. The van der Waals surface area contributed by atoms with Crippen LogP contribution in [0.15, 0.2) is 24.3 Å². The molecule has 2 heterocycles. The lowest BCUT2D eigenvalue weighted by Crippen LogP contribution is -2.46. The predicted octanol–water partition coefficient (Wildman–Crippen LogP) is 1.40. The Labute approximate surface area is 97.5 Å². The molecule has 2 fully saturated rings. The van der Waals surface area contributed by atoms with E-state index in [4.69, 9.17) is 9.47 Å². The number of Topliss-reactive ketones (excluding diaryl/α,β-unsaturated/α-hetero) is 1. The largest absolute Gasteiger partial charge is 0.448 e. The smallest absolute Gasteiger partial charge is 0.307 e. The number of esters is 1. The highest BCUT2D eigenvalue weighted by atomic mass is 16.6. The number of carbonyl (C=O) groups excluding carboxylic acids is 2. The van der Waals surface area contributed by atoms with Crippen LogP contribution in [0.4, 0.5) is 0 Å². The van der Waals surface area contributed by atoms with Crippen molar-refractivity contribution < 1.29 is 19.1 Å². The molecule has 86 valence electrons. The van der Waals surface area contributed by atoms with Crippen LogP contribution in [0.3, 0.4) is 0 Å². The van der Waals surface area contributed by atoms with Gasteiger partial charge in [0.05, 0.1) is 0 Å². The predicted molar refractivity (Wildman–Crippen MR) is 56.4 cm³/mol. The molecule has 0 radical (unpaired) electrons. The third-order valence-electron chi connectivity index (χ3n) is 3.84. The van der Waals surface area contributed by atoms with E-state index in [1.54, 1.807) is 6.07 Å². The summed E-state index contributed by atoms with van der Waals surface area (Å²) < 4.78 is 10.9. The fourth-order valence-corrected chi connectivity index (χ4v) is 2.97. The molecular formula is C13H10O4. The quantitative estimate of drug-likeness (QED) is 0.499. The number of epoxide rings is 1. The summed E-state index contributed by atoms with van der Waals surface area (Å²) >= 11 is 0. The van der Waals surface area contributed by atoms with Gasteiger partial charge in [0.25, 0.3) is 0 Å². The van der Waals surface area contributed by atoms with Crippen molar-refractivity contribution in [2.75, 3.05) is 0 Å². The standard InChI is InChI=1S/C13H10O4/c14-9-5-6-13(17-9)11(15)8-4-2-1-3-7(8)10-12(13)16-10/h1-4,10,12H,5-6H2/t10-,12-,13+/m1/s1. The lowest BCUT2D eigenvalue weighted by molar-refractivity contribution is -0.146. The van der Waals surface area contributed by atoms with Crippen LogP contribution in [0.25, 0.3) is 0 Å². The van der Waals surface area contributed by atoms with E-state index in [1.165, 1.54) is 0 Å². The summed E-state index contributed by atoms with van der Waals surface area (Å²) in [5.41, 5.74) is 0.535. The molecule has 3 aliphatic rings. The van der Waals surface area contributed by atoms with Gasteiger partial charge in [-0.15, -0.1) is 0 Å². The molecule has 0 aromatic heterocycles. The number of ketones is 1. The molecule has 1 spiro atoms. The maximum absolute atomic E-state index is 12.5. The summed E-state index contributed by atoms with van der Waals surface area (Å²) in [6, 6.07) is 7.40. The fourth-order valence-electron chi connectivity index (χ4n) is 2.97. The van der Waals surface area contributed by atoms with Crippen molar-refractivity contribution in [3.63, 3.8) is 0 Å². The third kappa shape index (κ3) is 1.01. The van der Waals surface area contributed by atoms with E-state index in [9.17, 15) is 9.59 Å². The van der Waals surface area contributed by atoms with Crippen LogP contribution < -0.4 is 0 Å². The number of carbonyl (C=O) groups is 2. The van der Waals surface area contributed by atoms with E-state index in [1.807, 2.05) is 18.2 Å². The zero-order valence-electron chi connectivity index (χ0n) is 9.01. The second-order valence-electron chi connectivity index (χ2n) is 4.76. The minimum absolute atomic E-state index is 0.0743. The average Bonchev–Trinajstić information content (AvgIpc) is 3.06. The van der Waals surface area contributed by atoms with E-state index in [-0.39, 0.29) is 24.0 Å². The highest BCUT2D eigenvalue weighted by Crippen LogP contribution is 2.55.